The van der Waals surface area contributed by atoms with Crippen LogP contribution in [0.2, 0.25) is 0 Å². The Morgan fingerprint density at radius 1 is 0.721 bits per heavy atom. The number of aromatic nitrogens is 2. The van der Waals surface area contributed by atoms with Crippen molar-refractivity contribution in [2.45, 2.75) is 0 Å². The highest BCUT2D eigenvalue weighted by atomic mass is 79.9. The number of fused-ring (bicyclic) bond motifs is 2. The van der Waals surface area contributed by atoms with Crippen LogP contribution in [0, 0.1) is 0 Å². The smallest absolute Gasteiger partial charge is 0.488 e. The van der Waals surface area contributed by atoms with Gasteiger partial charge in [0.1, 0.15) is 11.5 Å². The van der Waals surface area contributed by atoms with Crippen LogP contribution in [0.3, 0.4) is 0 Å². The Kier molecular flexibility index (Phi) is 11.2. The number of anilines is 2. The Morgan fingerprint density at radius 3 is 1.84 bits per heavy atom. The second-order valence-electron chi connectivity index (χ2n) is 9.12. The third kappa shape index (κ3) is 7.94. The van der Waals surface area contributed by atoms with Crippen molar-refractivity contribution in [3.63, 3.8) is 0 Å². The minimum atomic E-state index is -1.42. The number of ether oxygens (including phenoxy) is 2. The number of nitrogens with two attached hydrogens (primary N) is 1. The molecule has 43 heavy (non-hydrogen) atoms. The van der Waals surface area contributed by atoms with Crippen LogP contribution < -0.4 is 25.5 Å². The maximum absolute atomic E-state index is 8.69. The first-order valence-corrected chi connectivity index (χ1v) is 14.2. The molecule has 0 saturated heterocycles. The Labute approximate surface area is 263 Å². The lowest BCUT2D eigenvalue weighted by molar-refractivity contribution is 0.419. The molecule has 2 heterocycles. The number of pyridine rings is 2. The lowest BCUT2D eigenvalue weighted by Gasteiger charge is -2.10. The maximum atomic E-state index is 8.69. The van der Waals surface area contributed by atoms with Gasteiger partial charge >= 0.3 is 7.12 Å². The van der Waals surface area contributed by atoms with Gasteiger partial charge in [0.25, 0.3) is 0 Å². The summed E-state index contributed by atoms with van der Waals surface area (Å²) >= 11 is 8.76. The van der Waals surface area contributed by atoms with Gasteiger partial charge in [-0.1, -0.05) is 46.3 Å². The summed E-state index contributed by atoms with van der Waals surface area (Å²) in [5, 5.41) is 21.7. The molecule has 0 spiro atoms. The predicted octanol–water partition coefficient (Wildman–Crippen LogP) is 6.43. The molecule has 0 unspecified atom stereocenters. The summed E-state index contributed by atoms with van der Waals surface area (Å²) in [6.07, 6.45) is 7.20. The molecule has 11 heteroatoms. The Bertz CT molecular complexity index is 1790. The third-order valence-electron chi connectivity index (χ3n) is 6.48. The number of rotatable bonds is 5. The van der Waals surface area contributed by atoms with E-state index >= 15 is 0 Å². The van der Waals surface area contributed by atoms with Gasteiger partial charge in [0.15, 0.2) is 0 Å². The number of benzene rings is 4. The molecule has 218 valence electrons. The molecule has 0 aliphatic heterocycles. The van der Waals surface area contributed by atoms with E-state index in [4.69, 9.17) is 37.0 Å². The summed E-state index contributed by atoms with van der Waals surface area (Å²) in [7, 11) is 1.92. The quantitative estimate of drug-likeness (QED) is 0.0949. The molecule has 0 saturated carbocycles. The van der Waals surface area contributed by atoms with E-state index in [0.29, 0.717) is 5.46 Å². The molecule has 6 aromatic rings. The van der Waals surface area contributed by atoms with E-state index in [1.165, 1.54) is 0 Å². The molecule has 0 aliphatic carbocycles. The van der Waals surface area contributed by atoms with Crippen LogP contribution in [0.1, 0.15) is 0 Å². The van der Waals surface area contributed by atoms with Crippen LogP contribution in [0.25, 0.3) is 32.7 Å². The topological polar surface area (TPSA) is 123 Å². The van der Waals surface area contributed by atoms with Crippen LogP contribution in [0.15, 0.2) is 114 Å². The van der Waals surface area contributed by atoms with Crippen molar-refractivity contribution in [1.29, 1.82) is 0 Å². The average molecular weight is 660 g/mol. The molecule has 0 fully saturated rings. The van der Waals surface area contributed by atoms with E-state index in [0.717, 1.165) is 60.0 Å². The highest BCUT2D eigenvalue weighted by Crippen LogP contribution is 2.34. The van der Waals surface area contributed by atoms with Crippen molar-refractivity contribution in [2.24, 2.45) is 0 Å². The molecule has 0 amide bonds. The molecule has 0 bridgehead atoms. The summed E-state index contributed by atoms with van der Waals surface area (Å²) in [6.45, 7) is 0. The summed E-state index contributed by atoms with van der Waals surface area (Å²) in [4.78, 5) is 10.6. The van der Waals surface area contributed by atoms with E-state index in [2.05, 4.69) is 36.8 Å². The van der Waals surface area contributed by atoms with E-state index in [1.54, 1.807) is 57.1 Å². The highest BCUT2D eigenvalue weighted by Gasteiger charge is 2.09. The monoisotopic (exact) mass is 658 g/mol. The summed E-state index contributed by atoms with van der Waals surface area (Å²) in [6, 6.07) is 26.2. The van der Waals surface area contributed by atoms with Gasteiger partial charge in [0, 0.05) is 68.6 Å². The van der Waals surface area contributed by atoms with Gasteiger partial charge < -0.3 is 25.3 Å². The summed E-state index contributed by atoms with van der Waals surface area (Å²) in [5.41, 5.74) is 9.95. The summed E-state index contributed by atoms with van der Waals surface area (Å²) in [5.74, 6) is 1.69. The lowest BCUT2D eigenvalue weighted by Crippen LogP contribution is -2.29. The first-order chi connectivity index (χ1) is 20.9. The molecule has 5 N–H and O–H groups in total. The second-order valence-corrected chi connectivity index (χ2v) is 10.2. The van der Waals surface area contributed by atoms with Crippen molar-refractivity contribution >= 4 is 73.2 Å². The van der Waals surface area contributed by atoms with Gasteiger partial charge in [-0.15, -0.1) is 0 Å². The van der Waals surface area contributed by atoms with Gasteiger partial charge in [0.05, 0.1) is 14.2 Å². The molecule has 0 atom stereocenters. The fourth-order valence-corrected chi connectivity index (χ4v) is 4.88. The maximum Gasteiger partial charge on any atom is 0.488 e. The van der Waals surface area contributed by atoms with E-state index < -0.39 is 7.12 Å². The standard InChI is InChI=1S/C16H14N2O.C10H8BrNO.C6H7BClNO2/c1-19-16-7-6-13(11-2-4-12(17)5-3-11)14-8-9-18-10-15(14)16;1-13-10-3-2-9(11)7-4-5-12-6-8(7)10;8-9-6-3-1-5(2-4-6)7(10)11/h2-10H,17H2,1H3;2-6H,1H3;1-4,9-11H. The van der Waals surface area contributed by atoms with Crippen molar-refractivity contribution in [1.82, 2.24) is 9.97 Å². The van der Waals surface area contributed by atoms with Crippen LogP contribution >= 0.6 is 27.7 Å². The highest BCUT2D eigenvalue weighted by molar-refractivity contribution is 9.10. The SMILES string of the molecule is COc1ccc(-c2ccc(N)cc2)c2ccncc12.COc1ccc(Br)c2ccncc12.OB(O)c1ccc(NCl)cc1. The number of hydrogen-bond acceptors (Lipinski definition) is 8. The molecular formula is C32H29BBrClN4O4. The van der Waals surface area contributed by atoms with Crippen molar-refractivity contribution in [2.75, 3.05) is 24.8 Å². The zero-order chi connectivity index (χ0) is 30.8. The van der Waals surface area contributed by atoms with Crippen LogP contribution in [-0.2, 0) is 0 Å². The lowest BCUT2D eigenvalue weighted by atomic mass is 9.80. The molecule has 8 nitrogen and oxygen atoms in total. The van der Waals surface area contributed by atoms with E-state index in [1.807, 2.05) is 60.8 Å². The Hall–Kier alpha value is -4.35. The van der Waals surface area contributed by atoms with Gasteiger partial charge in [-0.2, -0.15) is 0 Å². The second kappa shape index (κ2) is 15.2. The molecule has 4 aromatic carbocycles. The minimum Gasteiger partial charge on any atom is -0.496 e. The van der Waals surface area contributed by atoms with Crippen LogP contribution in [-0.4, -0.2) is 41.4 Å². The van der Waals surface area contributed by atoms with Gasteiger partial charge in [-0.25, -0.2) is 0 Å². The summed E-state index contributed by atoms with van der Waals surface area (Å²) < 4.78 is 11.7. The number of nitrogens with one attached hydrogen (secondary N) is 1. The van der Waals surface area contributed by atoms with Gasteiger partial charge in [-0.3, -0.25) is 14.8 Å². The first-order valence-electron chi connectivity index (χ1n) is 13.0. The Morgan fingerprint density at radius 2 is 1.28 bits per heavy atom. The molecule has 0 aliphatic rings. The third-order valence-corrected chi connectivity index (χ3v) is 7.39. The zero-order valence-electron chi connectivity index (χ0n) is 23.4. The van der Waals surface area contributed by atoms with Gasteiger partial charge in [-0.05, 0) is 76.6 Å². The van der Waals surface area contributed by atoms with Gasteiger partial charge in [0.2, 0.25) is 0 Å². The fraction of sp³-hybridized carbons (Fsp3) is 0.0625. The molecule has 2 aromatic heterocycles. The van der Waals surface area contributed by atoms with Crippen LogP contribution in [0.5, 0.6) is 11.5 Å². The van der Waals surface area contributed by atoms with E-state index in [-0.39, 0.29) is 0 Å². The van der Waals surface area contributed by atoms with Crippen LogP contribution in [0.4, 0.5) is 11.4 Å². The predicted molar refractivity (Wildman–Crippen MR) is 180 cm³/mol. The van der Waals surface area contributed by atoms with Crippen molar-refractivity contribution in [3.8, 4) is 22.6 Å². The number of nitrogen functional groups attached to an aromatic ring is 1. The van der Waals surface area contributed by atoms with Crippen molar-refractivity contribution < 1.29 is 19.5 Å². The minimum absolute atomic E-state index is 0.445. The molecule has 6 rings (SSSR count). The number of methoxy groups -OCH3 is 2. The normalized spacial score (nSPS) is 10.2. The van der Waals surface area contributed by atoms with Crippen molar-refractivity contribution in [3.05, 3.63) is 114 Å². The Balaban J connectivity index is 0.000000155. The zero-order valence-corrected chi connectivity index (χ0v) is 25.8. The first kappa shape index (κ1) is 31.6. The number of halogens is 2. The molecular weight excluding hydrogens is 631 g/mol. The van der Waals surface area contributed by atoms with E-state index in [9.17, 15) is 0 Å². The fourth-order valence-electron chi connectivity index (χ4n) is 4.28. The number of hydrogen-bond donors (Lipinski definition) is 4. The number of nitrogens with zero attached hydrogens (tertiary/aromatic N) is 2. The largest absolute Gasteiger partial charge is 0.496 e. The molecule has 0 radical (unpaired) electrons. The average Bonchev–Trinajstić information content (AvgIpc) is 3.05.